The van der Waals surface area contributed by atoms with Gasteiger partial charge in [-0.25, -0.2) is 0 Å². The van der Waals surface area contributed by atoms with Gasteiger partial charge >= 0.3 is 0 Å². The number of hydrogen-bond acceptors (Lipinski definition) is 2. The molecule has 0 spiro atoms. The number of anilines is 1. The SMILES string of the molecule is CCCCC(CC)NC1CCc2ccc(N)cc2C1. The quantitative estimate of drug-likeness (QED) is 0.766. The molecule has 2 atom stereocenters. The van der Waals surface area contributed by atoms with Crippen molar-refractivity contribution in [1.82, 2.24) is 5.32 Å². The summed E-state index contributed by atoms with van der Waals surface area (Å²) in [5.74, 6) is 0. The van der Waals surface area contributed by atoms with Crippen molar-refractivity contribution in [1.29, 1.82) is 0 Å². The molecular formula is C17H28N2. The molecule has 2 heteroatoms. The van der Waals surface area contributed by atoms with E-state index >= 15 is 0 Å². The molecule has 3 N–H and O–H groups in total. The van der Waals surface area contributed by atoms with Gasteiger partial charge in [-0.15, -0.1) is 0 Å². The highest BCUT2D eigenvalue weighted by molar-refractivity contribution is 5.46. The van der Waals surface area contributed by atoms with E-state index in [1.807, 2.05) is 6.07 Å². The van der Waals surface area contributed by atoms with Crippen LogP contribution in [0.25, 0.3) is 0 Å². The van der Waals surface area contributed by atoms with Crippen molar-refractivity contribution in [2.75, 3.05) is 5.73 Å². The van der Waals surface area contributed by atoms with Crippen molar-refractivity contribution in [3.05, 3.63) is 29.3 Å². The van der Waals surface area contributed by atoms with Gasteiger partial charge in [0.05, 0.1) is 0 Å². The normalized spacial score (nSPS) is 20.0. The summed E-state index contributed by atoms with van der Waals surface area (Å²) < 4.78 is 0. The summed E-state index contributed by atoms with van der Waals surface area (Å²) in [4.78, 5) is 0. The Morgan fingerprint density at radius 1 is 1.32 bits per heavy atom. The highest BCUT2D eigenvalue weighted by Crippen LogP contribution is 2.24. The number of aryl methyl sites for hydroxylation is 1. The molecule has 0 saturated heterocycles. The number of hydrogen-bond donors (Lipinski definition) is 2. The van der Waals surface area contributed by atoms with E-state index in [9.17, 15) is 0 Å². The average molecular weight is 260 g/mol. The van der Waals surface area contributed by atoms with Crippen molar-refractivity contribution < 1.29 is 0 Å². The van der Waals surface area contributed by atoms with Crippen LogP contribution in [0.2, 0.25) is 0 Å². The number of benzene rings is 1. The summed E-state index contributed by atoms with van der Waals surface area (Å²) in [6.07, 6.45) is 8.78. The monoisotopic (exact) mass is 260 g/mol. The molecule has 0 bridgehead atoms. The van der Waals surface area contributed by atoms with Crippen LogP contribution in [0, 0.1) is 0 Å². The van der Waals surface area contributed by atoms with Gasteiger partial charge in [0.25, 0.3) is 0 Å². The fourth-order valence-electron chi connectivity index (χ4n) is 3.11. The van der Waals surface area contributed by atoms with Gasteiger partial charge in [-0.3, -0.25) is 0 Å². The molecule has 1 aliphatic rings. The van der Waals surface area contributed by atoms with Crippen LogP contribution in [0.1, 0.15) is 57.1 Å². The summed E-state index contributed by atoms with van der Waals surface area (Å²) in [6, 6.07) is 7.72. The molecule has 0 aromatic heterocycles. The average Bonchev–Trinajstić information content (AvgIpc) is 2.43. The molecule has 19 heavy (non-hydrogen) atoms. The van der Waals surface area contributed by atoms with Crippen LogP contribution in [0.15, 0.2) is 18.2 Å². The van der Waals surface area contributed by atoms with Gasteiger partial charge in [-0.05, 0) is 55.4 Å². The molecule has 0 aliphatic heterocycles. The van der Waals surface area contributed by atoms with E-state index < -0.39 is 0 Å². The van der Waals surface area contributed by atoms with E-state index in [1.165, 1.54) is 49.7 Å². The first-order chi connectivity index (χ1) is 9.22. The fraction of sp³-hybridized carbons (Fsp3) is 0.647. The van der Waals surface area contributed by atoms with Crippen LogP contribution in [0.3, 0.4) is 0 Å². The fourth-order valence-corrected chi connectivity index (χ4v) is 3.11. The third-order valence-corrected chi connectivity index (χ3v) is 4.33. The summed E-state index contributed by atoms with van der Waals surface area (Å²) in [5, 5.41) is 3.86. The third-order valence-electron chi connectivity index (χ3n) is 4.33. The van der Waals surface area contributed by atoms with Crippen molar-refractivity contribution in [2.45, 2.75) is 70.9 Å². The minimum Gasteiger partial charge on any atom is -0.399 e. The highest BCUT2D eigenvalue weighted by atomic mass is 14.9. The smallest absolute Gasteiger partial charge is 0.0316 e. The topological polar surface area (TPSA) is 38.0 Å². The number of nitrogens with two attached hydrogens (primary N) is 1. The van der Waals surface area contributed by atoms with Crippen LogP contribution >= 0.6 is 0 Å². The molecule has 0 radical (unpaired) electrons. The molecule has 0 heterocycles. The Morgan fingerprint density at radius 2 is 2.16 bits per heavy atom. The third kappa shape index (κ3) is 3.97. The Balaban J connectivity index is 1.93. The molecule has 1 aromatic carbocycles. The zero-order chi connectivity index (χ0) is 13.7. The lowest BCUT2D eigenvalue weighted by Gasteiger charge is -2.29. The van der Waals surface area contributed by atoms with Gasteiger partial charge in [0, 0.05) is 17.8 Å². The van der Waals surface area contributed by atoms with Gasteiger partial charge in [-0.2, -0.15) is 0 Å². The van der Waals surface area contributed by atoms with Gasteiger partial charge in [0.2, 0.25) is 0 Å². The van der Waals surface area contributed by atoms with E-state index in [-0.39, 0.29) is 0 Å². The first-order valence-corrected chi connectivity index (χ1v) is 7.86. The Morgan fingerprint density at radius 3 is 2.89 bits per heavy atom. The van der Waals surface area contributed by atoms with E-state index in [0.29, 0.717) is 12.1 Å². The molecule has 2 nitrogen and oxygen atoms in total. The minimum atomic E-state index is 0.635. The zero-order valence-corrected chi connectivity index (χ0v) is 12.4. The molecule has 0 fully saturated rings. The maximum atomic E-state index is 5.90. The molecule has 106 valence electrons. The summed E-state index contributed by atoms with van der Waals surface area (Å²) in [5.41, 5.74) is 9.75. The lowest BCUT2D eigenvalue weighted by molar-refractivity contribution is 0.364. The maximum absolute atomic E-state index is 5.90. The Labute approximate surface area is 117 Å². The number of rotatable bonds is 6. The summed E-state index contributed by atoms with van der Waals surface area (Å²) >= 11 is 0. The van der Waals surface area contributed by atoms with Crippen molar-refractivity contribution in [3.63, 3.8) is 0 Å². The van der Waals surface area contributed by atoms with Crippen LogP contribution in [-0.2, 0) is 12.8 Å². The van der Waals surface area contributed by atoms with Gasteiger partial charge in [0.1, 0.15) is 0 Å². The van der Waals surface area contributed by atoms with Gasteiger partial charge < -0.3 is 11.1 Å². The van der Waals surface area contributed by atoms with Crippen LogP contribution in [-0.4, -0.2) is 12.1 Å². The standard InChI is InChI=1S/C17H28N2/c1-3-5-6-16(4-2)19-17-10-8-13-7-9-15(18)11-14(13)12-17/h7,9,11,16-17,19H,3-6,8,10,12,18H2,1-2H3. The molecule has 1 aliphatic carbocycles. The van der Waals surface area contributed by atoms with E-state index in [2.05, 4.69) is 31.3 Å². The summed E-state index contributed by atoms with van der Waals surface area (Å²) in [7, 11) is 0. The van der Waals surface area contributed by atoms with Gasteiger partial charge in [0.15, 0.2) is 0 Å². The van der Waals surface area contributed by atoms with Crippen molar-refractivity contribution in [3.8, 4) is 0 Å². The minimum absolute atomic E-state index is 0.635. The lowest BCUT2D eigenvalue weighted by Crippen LogP contribution is -2.41. The molecular weight excluding hydrogens is 232 g/mol. The first-order valence-electron chi connectivity index (χ1n) is 7.86. The Hall–Kier alpha value is -1.02. The molecule has 0 saturated carbocycles. The number of unbranched alkanes of at least 4 members (excludes halogenated alkanes) is 1. The Bertz CT molecular complexity index is 400. The van der Waals surface area contributed by atoms with Crippen molar-refractivity contribution >= 4 is 5.69 Å². The second-order valence-corrected chi connectivity index (χ2v) is 5.88. The summed E-state index contributed by atoms with van der Waals surface area (Å²) in [6.45, 7) is 4.56. The first kappa shape index (κ1) is 14.4. The second-order valence-electron chi connectivity index (χ2n) is 5.88. The van der Waals surface area contributed by atoms with Crippen molar-refractivity contribution in [2.24, 2.45) is 0 Å². The molecule has 2 rings (SSSR count). The predicted octanol–water partition coefficient (Wildman–Crippen LogP) is 3.68. The molecule has 2 unspecified atom stereocenters. The van der Waals surface area contributed by atoms with Crippen LogP contribution in [0.4, 0.5) is 5.69 Å². The maximum Gasteiger partial charge on any atom is 0.0316 e. The van der Waals surface area contributed by atoms with Crippen LogP contribution in [0.5, 0.6) is 0 Å². The van der Waals surface area contributed by atoms with E-state index in [4.69, 9.17) is 5.73 Å². The van der Waals surface area contributed by atoms with E-state index in [0.717, 1.165) is 12.1 Å². The Kier molecular flexibility index (Phi) is 5.26. The number of fused-ring (bicyclic) bond motifs is 1. The number of nitrogen functional groups attached to an aromatic ring is 1. The van der Waals surface area contributed by atoms with Crippen LogP contribution < -0.4 is 11.1 Å². The van der Waals surface area contributed by atoms with Gasteiger partial charge in [-0.1, -0.05) is 32.8 Å². The molecule has 0 amide bonds. The zero-order valence-electron chi connectivity index (χ0n) is 12.4. The molecule has 1 aromatic rings. The van der Waals surface area contributed by atoms with E-state index in [1.54, 1.807) is 0 Å². The number of nitrogens with one attached hydrogen (secondary N) is 1. The second kappa shape index (κ2) is 6.95. The highest BCUT2D eigenvalue weighted by Gasteiger charge is 2.20. The lowest BCUT2D eigenvalue weighted by atomic mass is 9.87. The largest absolute Gasteiger partial charge is 0.399 e. The predicted molar refractivity (Wildman–Crippen MR) is 83.4 cm³/mol.